The van der Waals surface area contributed by atoms with Gasteiger partial charge in [0.15, 0.2) is 11.5 Å². The smallest absolute Gasteiger partial charge is 0.285 e. The third-order valence-electron chi connectivity index (χ3n) is 4.85. The summed E-state index contributed by atoms with van der Waals surface area (Å²) in [7, 11) is 1.58. The van der Waals surface area contributed by atoms with Crippen molar-refractivity contribution in [2.24, 2.45) is 11.0 Å². The third kappa shape index (κ3) is 5.98. The van der Waals surface area contributed by atoms with E-state index in [0.717, 1.165) is 5.57 Å². The summed E-state index contributed by atoms with van der Waals surface area (Å²) in [5, 5.41) is 11.0. The highest BCUT2D eigenvalue weighted by Gasteiger charge is 2.25. The van der Waals surface area contributed by atoms with Crippen LogP contribution in [-0.4, -0.2) is 24.6 Å². The van der Waals surface area contributed by atoms with Crippen LogP contribution in [0, 0.1) is 18.3 Å². The van der Waals surface area contributed by atoms with Crippen molar-refractivity contribution in [2.45, 2.75) is 34.1 Å². The van der Waals surface area contributed by atoms with Crippen molar-refractivity contribution in [1.29, 1.82) is 0 Å². The highest BCUT2D eigenvalue weighted by atomic mass is 35.5. The Hall–Kier alpha value is -3.21. The van der Waals surface area contributed by atoms with Gasteiger partial charge in [-0.05, 0) is 49.0 Å². The van der Waals surface area contributed by atoms with E-state index in [-0.39, 0.29) is 39.2 Å². The number of ether oxygens (including phenoxy) is 1. The molecule has 1 aromatic carbocycles. The first-order valence-electron chi connectivity index (χ1n) is 10.2. The average Bonchev–Trinajstić information content (AvgIpc) is 2.76. The van der Waals surface area contributed by atoms with Gasteiger partial charge in [-0.1, -0.05) is 50.6 Å². The molecule has 0 bridgehead atoms. The zero-order valence-electron chi connectivity index (χ0n) is 19.2. The summed E-state index contributed by atoms with van der Waals surface area (Å²) in [6, 6.07) is 3.13. The fourth-order valence-corrected chi connectivity index (χ4v) is 3.38. The van der Waals surface area contributed by atoms with Gasteiger partial charge in [0.05, 0.1) is 15.7 Å². The Morgan fingerprint density at radius 3 is 2.48 bits per heavy atom. The van der Waals surface area contributed by atoms with Gasteiger partial charge in [0.1, 0.15) is 11.6 Å². The van der Waals surface area contributed by atoms with Crippen LogP contribution in [0.4, 0.5) is 5.69 Å². The Morgan fingerprint density at radius 1 is 1.39 bits per heavy atom. The molecule has 174 valence electrons. The van der Waals surface area contributed by atoms with E-state index in [1.54, 1.807) is 25.3 Å². The molecule has 0 saturated heterocycles. The minimum Gasteiger partial charge on any atom is -0.454 e. The maximum atomic E-state index is 12.3. The number of amides is 2. The van der Waals surface area contributed by atoms with E-state index in [4.69, 9.17) is 34.4 Å². The van der Waals surface area contributed by atoms with Gasteiger partial charge in [-0.25, -0.2) is 5.01 Å². The van der Waals surface area contributed by atoms with Crippen LogP contribution in [0.15, 0.2) is 52.6 Å². The van der Waals surface area contributed by atoms with E-state index in [1.165, 1.54) is 5.01 Å². The van der Waals surface area contributed by atoms with Crippen LogP contribution in [0.3, 0.4) is 0 Å². The van der Waals surface area contributed by atoms with Crippen molar-refractivity contribution in [2.75, 3.05) is 12.1 Å². The Bertz CT molecular complexity index is 1100. The molecule has 0 unspecified atom stereocenters. The number of hydrazone groups is 1. The number of nitrogens with one attached hydrogen (secondary N) is 2. The molecule has 0 atom stereocenters. The monoisotopic (exact) mass is 488 g/mol. The minimum absolute atomic E-state index is 0.0370. The number of allylic oxidation sites excluding steroid dienone is 2. The molecule has 1 aromatic rings. The molecule has 33 heavy (non-hydrogen) atoms. The predicted octanol–water partition coefficient (Wildman–Crippen LogP) is 4.78. The molecular formula is C24H26Cl2N4O3. The van der Waals surface area contributed by atoms with Gasteiger partial charge in [0, 0.05) is 12.6 Å². The molecule has 0 fully saturated rings. The lowest BCUT2D eigenvalue weighted by Crippen LogP contribution is -2.42. The molecule has 0 saturated carbocycles. The zero-order chi connectivity index (χ0) is 24.9. The number of anilines is 1. The van der Waals surface area contributed by atoms with E-state index in [0.29, 0.717) is 23.4 Å². The number of carbonyl (C=O) groups is 2. The summed E-state index contributed by atoms with van der Waals surface area (Å²) in [6.07, 6.45) is 7.74. The van der Waals surface area contributed by atoms with Gasteiger partial charge in [-0.3, -0.25) is 9.59 Å². The SMILES string of the molecule is C#CC1=NN(c2cc(Cl)c(OC(/C=C(\C(=O)NC)C(C)C)=C(/C)CC)c(Cl)c2)C(=C)NC1=O. The number of rotatable bonds is 7. The molecule has 2 N–H and O–H groups in total. The summed E-state index contributed by atoms with van der Waals surface area (Å²) in [4.78, 5) is 24.2. The molecule has 1 aliphatic rings. The van der Waals surface area contributed by atoms with E-state index in [1.807, 2.05) is 27.7 Å². The number of halogens is 2. The van der Waals surface area contributed by atoms with Crippen LogP contribution >= 0.6 is 23.2 Å². The second kappa shape index (κ2) is 11.1. The average molecular weight is 489 g/mol. The number of nitrogens with zero attached hydrogens (tertiary/aromatic N) is 2. The van der Waals surface area contributed by atoms with Gasteiger partial charge < -0.3 is 15.4 Å². The quantitative estimate of drug-likeness (QED) is 0.250. The van der Waals surface area contributed by atoms with Gasteiger partial charge in [-0.2, -0.15) is 5.10 Å². The van der Waals surface area contributed by atoms with Crippen molar-refractivity contribution < 1.29 is 14.3 Å². The summed E-state index contributed by atoms with van der Waals surface area (Å²) >= 11 is 13.0. The normalized spacial score (nSPS) is 14.9. The molecule has 1 aliphatic heterocycles. The highest BCUT2D eigenvalue weighted by Crippen LogP contribution is 2.40. The van der Waals surface area contributed by atoms with Gasteiger partial charge >= 0.3 is 0 Å². The summed E-state index contributed by atoms with van der Waals surface area (Å²) in [5.41, 5.74) is 1.78. The summed E-state index contributed by atoms with van der Waals surface area (Å²) in [5.74, 6) is 2.34. The van der Waals surface area contributed by atoms with Crippen molar-refractivity contribution in [3.05, 3.63) is 57.6 Å². The molecule has 0 radical (unpaired) electrons. The number of benzene rings is 1. The van der Waals surface area contributed by atoms with Crippen LogP contribution in [0.2, 0.25) is 10.0 Å². The van der Waals surface area contributed by atoms with Crippen LogP contribution in [-0.2, 0) is 9.59 Å². The fraction of sp³-hybridized carbons (Fsp3) is 0.292. The molecular weight excluding hydrogens is 463 g/mol. The van der Waals surface area contributed by atoms with Crippen LogP contribution in [0.5, 0.6) is 5.75 Å². The first kappa shape index (κ1) is 26.0. The van der Waals surface area contributed by atoms with Crippen LogP contribution in [0.1, 0.15) is 34.1 Å². The molecule has 7 nitrogen and oxygen atoms in total. The standard InChI is InChI=1S/C24H26Cl2N4O3/c1-8-14(5)21(12-17(13(3)4)23(31)27-7)33-22-18(25)10-16(11-19(22)26)30-15(6)28-24(32)20(9-2)29-30/h2,10-13H,6,8H2,1,3-5,7H3,(H,27,31)(H,28,32)/b17-12-,21-14-. The van der Waals surface area contributed by atoms with Crippen LogP contribution in [0.25, 0.3) is 0 Å². The second-order valence-corrected chi connectivity index (χ2v) is 8.29. The fourth-order valence-electron chi connectivity index (χ4n) is 2.83. The number of terminal acetylenes is 1. The number of carbonyl (C=O) groups excluding carboxylic acids is 2. The van der Waals surface area contributed by atoms with Gasteiger partial charge in [0.25, 0.3) is 5.91 Å². The van der Waals surface area contributed by atoms with Crippen molar-refractivity contribution in [3.63, 3.8) is 0 Å². The second-order valence-electron chi connectivity index (χ2n) is 7.48. The lowest BCUT2D eigenvalue weighted by molar-refractivity contribution is -0.117. The summed E-state index contributed by atoms with van der Waals surface area (Å²) in [6.45, 7) is 11.5. The third-order valence-corrected chi connectivity index (χ3v) is 5.42. The predicted molar refractivity (Wildman–Crippen MR) is 133 cm³/mol. The molecule has 2 rings (SSSR count). The topological polar surface area (TPSA) is 83.0 Å². The number of hydrogen-bond donors (Lipinski definition) is 2. The minimum atomic E-state index is -0.524. The number of likely N-dealkylation sites (N-methyl/N-ethyl adjacent to an activating group) is 1. The molecule has 0 aliphatic carbocycles. The van der Waals surface area contributed by atoms with Crippen molar-refractivity contribution >= 4 is 46.4 Å². The molecule has 1 heterocycles. The number of hydrogen-bond acceptors (Lipinski definition) is 5. The van der Waals surface area contributed by atoms with Crippen LogP contribution < -0.4 is 20.4 Å². The van der Waals surface area contributed by atoms with Gasteiger partial charge in [-0.15, -0.1) is 6.42 Å². The van der Waals surface area contributed by atoms with Gasteiger partial charge in [0.2, 0.25) is 5.91 Å². The first-order valence-corrected chi connectivity index (χ1v) is 10.9. The van der Waals surface area contributed by atoms with Crippen molar-refractivity contribution in [3.8, 4) is 18.1 Å². The lowest BCUT2D eigenvalue weighted by atomic mass is 10.0. The van der Waals surface area contributed by atoms with E-state index in [2.05, 4.69) is 28.2 Å². The Labute approximate surface area is 204 Å². The molecule has 0 spiro atoms. The maximum Gasteiger partial charge on any atom is 0.285 e. The van der Waals surface area contributed by atoms with E-state index in [9.17, 15) is 9.59 Å². The van der Waals surface area contributed by atoms with E-state index >= 15 is 0 Å². The zero-order valence-corrected chi connectivity index (χ0v) is 20.7. The first-order chi connectivity index (χ1) is 15.5. The Morgan fingerprint density at radius 2 is 2.00 bits per heavy atom. The molecule has 0 aromatic heterocycles. The largest absolute Gasteiger partial charge is 0.454 e. The van der Waals surface area contributed by atoms with E-state index < -0.39 is 5.91 Å². The Balaban J connectivity index is 2.52. The maximum absolute atomic E-state index is 12.3. The molecule has 9 heteroatoms. The Kier molecular flexibility index (Phi) is 8.75. The lowest BCUT2D eigenvalue weighted by Gasteiger charge is -2.26. The molecule has 2 amide bonds. The van der Waals surface area contributed by atoms with Crippen molar-refractivity contribution in [1.82, 2.24) is 10.6 Å². The summed E-state index contributed by atoms with van der Waals surface area (Å²) < 4.78 is 6.11. The highest BCUT2D eigenvalue weighted by molar-refractivity contribution is 6.46.